The van der Waals surface area contributed by atoms with Gasteiger partial charge in [0.15, 0.2) is 0 Å². The van der Waals surface area contributed by atoms with Gasteiger partial charge in [0.2, 0.25) is 0 Å². The van der Waals surface area contributed by atoms with Crippen molar-refractivity contribution in [3.05, 3.63) is 10.4 Å². The molecule has 0 N–H and O–H groups in total. The van der Waals surface area contributed by atoms with Crippen molar-refractivity contribution in [1.82, 2.24) is 0 Å². The highest BCUT2D eigenvalue weighted by atomic mass is 15.2. The first-order chi connectivity index (χ1) is 6.41. The Hall–Kier alpha value is -0.690. The van der Waals surface area contributed by atoms with Crippen LogP contribution in [0.2, 0.25) is 0 Å². The summed E-state index contributed by atoms with van der Waals surface area (Å²) >= 11 is 0. The van der Waals surface area contributed by atoms with Crippen molar-refractivity contribution in [3.8, 4) is 0 Å². The maximum atomic E-state index is 8.57. The van der Waals surface area contributed by atoms with E-state index in [1.807, 2.05) is 0 Å². The molecule has 3 heteroatoms. The summed E-state index contributed by atoms with van der Waals surface area (Å²) in [5.74, 6) is 0.717. The monoisotopic (exact) mass is 195 g/mol. The van der Waals surface area contributed by atoms with Gasteiger partial charge in [0.05, 0.1) is 0 Å². The summed E-state index contributed by atoms with van der Waals surface area (Å²) in [7, 11) is 0. The zero-order valence-electron chi connectivity index (χ0n) is 9.75. The third-order valence-corrected chi connectivity index (χ3v) is 3.29. The van der Waals surface area contributed by atoms with Crippen LogP contribution in [0.4, 0.5) is 0 Å². The fourth-order valence-corrected chi connectivity index (χ4v) is 3.12. The molecule has 1 rings (SSSR count). The lowest BCUT2D eigenvalue weighted by atomic mass is 9.64. The zero-order valence-corrected chi connectivity index (χ0v) is 9.75. The lowest BCUT2D eigenvalue weighted by molar-refractivity contribution is 0.108. The molecule has 2 atom stereocenters. The molecule has 14 heavy (non-hydrogen) atoms. The topological polar surface area (TPSA) is 48.8 Å². The number of rotatable bonds is 2. The third kappa shape index (κ3) is 2.65. The summed E-state index contributed by atoms with van der Waals surface area (Å²) < 4.78 is 0. The van der Waals surface area contributed by atoms with Gasteiger partial charge >= 0.3 is 0 Å². The maximum Gasteiger partial charge on any atom is 0.0467 e. The van der Waals surface area contributed by atoms with Crippen LogP contribution in [0.25, 0.3) is 10.4 Å². The molecule has 0 heterocycles. The molecule has 0 saturated heterocycles. The van der Waals surface area contributed by atoms with Gasteiger partial charge in [0, 0.05) is 10.5 Å². The minimum atomic E-state index is -0.156. The van der Waals surface area contributed by atoms with Gasteiger partial charge in [-0.25, -0.2) is 0 Å². The molecular formula is C11H21N3. The smallest absolute Gasteiger partial charge is 0.0467 e. The Labute approximate surface area is 86.5 Å². The van der Waals surface area contributed by atoms with Crippen molar-refractivity contribution in [1.29, 1.82) is 0 Å². The second-order valence-corrected chi connectivity index (χ2v) is 5.71. The Morgan fingerprint density at radius 3 is 2.50 bits per heavy atom. The van der Waals surface area contributed by atoms with E-state index < -0.39 is 0 Å². The highest BCUT2D eigenvalue weighted by molar-refractivity contribution is 4.96. The molecule has 3 nitrogen and oxygen atoms in total. The Morgan fingerprint density at radius 2 is 2.00 bits per heavy atom. The fourth-order valence-electron chi connectivity index (χ4n) is 3.12. The third-order valence-electron chi connectivity index (χ3n) is 3.29. The van der Waals surface area contributed by atoms with Crippen LogP contribution in [-0.4, -0.2) is 5.54 Å². The van der Waals surface area contributed by atoms with E-state index in [0.717, 1.165) is 12.8 Å². The molecule has 0 aromatic carbocycles. The van der Waals surface area contributed by atoms with E-state index in [-0.39, 0.29) is 5.54 Å². The summed E-state index contributed by atoms with van der Waals surface area (Å²) in [6.45, 7) is 8.87. The minimum Gasteiger partial charge on any atom is -0.0875 e. The predicted octanol–water partition coefficient (Wildman–Crippen LogP) is 4.29. The first-order valence-electron chi connectivity index (χ1n) is 5.47. The van der Waals surface area contributed by atoms with Gasteiger partial charge < -0.3 is 0 Å². The standard InChI is InChI=1S/C11H21N3/c1-5-9-6-10(2,3)8-11(4,7-9)13-14-12/h9H,5-8H2,1-4H3/t9-,11-/m1/s1. The lowest BCUT2D eigenvalue weighted by Gasteiger charge is -2.44. The molecule has 80 valence electrons. The van der Waals surface area contributed by atoms with Gasteiger partial charge in [-0.2, -0.15) is 0 Å². The van der Waals surface area contributed by atoms with Crippen molar-refractivity contribution in [2.24, 2.45) is 16.4 Å². The summed E-state index contributed by atoms with van der Waals surface area (Å²) in [6, 6.07) is 0. The number of nitrogens with zero attached hydrogens (tertiary/aromatic N) is 3. The van der Waals surface area contributed by atoms with Gasteiger partial charge in [-0.3, -0.25) is 0 Å². The molecule has 0 spiro atoms. The number of hydrogen-bond donors (Lipinski definition) is 0. The van der Waals surface area contributed by atoms with Crippen LogP contribution in [0.3, 0.4) is 0 Å². The highest BCUT2D eigenvalue weighted by Gasteiger charge is 2.39. The van der Waals surface area contributed by atoms with Gasteiger partial charge in [0.25, 0.3) is 0 Å². The number of hydrogen-bond acceptors (Lipinski definition) is 1. The molecule has 0 amide bonds. The molecule has 1 saturated carbocycles. The summed E-state index contributed by atoms with van der Waals surface area (Å²) in [5.41, 5.74) is 8.74. The maximum absolute atomic E-state index is 8.57. The van der Waals surface area contributed by atoms with E-state index in [2.05, 4.69) is 37.7 Å². The Kier molecular flexibility index (Phi) is 3.10. The quantitative estimate of drug-likeness (QED) is 0.358. The molecule has 0 aliphatic heterocycles. The van der Waals surface area contributed by atoms with E-state index in [0.29, 0.717) is 11.3 Å². The van der Waals surface area contributed by atoms with Crippen LogP contribution >= 0.6 is 0 Å². The summed E-state index contributed by atoms with van der Waals surface area (Å²) in [4.78, 5) is 2.99. The largest absolute Gasteiger partial charge is 0.0875 e. The van der Waals surface area contributed by atoms with Crippen molar-refractivity contribution in [2.75, 3.05) is 0 Å². The molecule has 0 unspecified atom stereocenters. The first kappa shape index (κ1) is 11.4. The number of azide groups is 1. The van der Waals surface area contributed by atoms with Gasteiger partial charge in [-0.1, -0.05) is 39.2 Å². The van der Waals surface area contributed by atoms with Crippen molar-refractivity contribution in [2.45, 2.75) is 58.9 Å². The SMILES string of the molecule is CC[C@@H]1CC(C)(C)C[C@](C)(N=[N+]=[N-])C1. The first-order valence-corrected chi connectivity index (χ1v) is 5.47. The lowest BCUT2D eigenvalue weighted by Crippen LogP contribution is -2.38. The average molecular weight is 195 g/mol. The molecule has 1 aliphatic rings. The van der Waals surface area contributed by atoms with Crippen LogP contribution in [-0.2, 0) is 0 Å². The van der Waals surface area contributed by atoms with E-state index in [9.17, 15) is 0 Å². The van der Waals surface area contributed by atoms with Crippen LogP contribution < -0.4 is 0 Å². The van der Waals surface area contributed by atoms with Crippen molar-refractivity contribution >= 4 is 0 Å². The van der Waals surface area contributed by atoms with E-state index >= 15 is 0 Å². The molecular weight excluding hydrogens is 174 g/mol. The van der Waals surface area contributed by atoms with Crippen LogP contribution in [0, 0.1) is 11.3 Å². The molecule has 1 fully saturated rings. The van der Waals surface area contributed by atoms with Crippen molar-refractivity contribution in [3.63, 3.8) is 0 Å². The van der Waals surface area contributed by atoms with Crippen LogP contribution in [0.15, 0.2) is 5.11 Å². The summed E-state index contributed by atoms with van der Waals surface area (Å²) in [5, 5.41) is 3.99. The Balaban J connectivity index is 2.84. The normalized spacial score (nSPS) is 36.1. The molecule has 0 radical (unpaired) electrons. The van der Waals surface area contributed by atoms with E-state index in [1.165, 1.54) is 12.8 Å². The van der Waals surface area contributed by atoms with E-state index in [4.69, 9.17) is 5.53 Å². The van der Waals surface area contributed by atoms with Crippen LogP contribution in [0.5, 0.6) is 0 Å². The predicted molar refractivity (Wildman–Crippen MR) is 59.0 cm³/mol. The van der Waals surface area contributed by atoms with Gasteiger partial charge in [0.1, 0.15) is 0 Å². The van der Waals surface area contributed by atoms with Crippen LogP contribution in [0.1, 0.15) is 53.4 Å². The average Bonchev–Trinajstić information content (AvgIpc) is 2.00. The molecule has 0 aromatic rings. The second-order valence-electron chi connectivity index (χ2n) is 5.71. The Bertz CT molecular complexity index is 253. The second kappa shape index (κ2) is 3.82. The Morgan fingerprint density at radius 1 is 1.36 bits per heavy atom. The molecule has 1 aliphatic carbocycles. The highest BCUT2D eigenvalue weighted by Crippen LogP contribution is 2.46. The molecule has 0 aromatic heterocycles. The summed E-state index contributed by atoms with van der Waals surface area (Å²) in [6.07, 6.45) is 4.53. The van der Waals surface area contributed by atoms with Crippen molar-refractivity contribution < 1.29 is 0 Å². The zero-order chi connectivity index (χ0) is 10.8. The van der Waals surface area contributed by atoms with Gasteiger partial charge in [-0.15, -0.1) is 0 Å². The van der Waals surface area contributed by atoms with E-state index in [1.54, 1.807) is 0 Å². The fraction of sp³-hybridized carbons (Fsp3) is 1.00. The van der Waals surface area contributed by atoms with Gasteiger partial charge in [-0.05, 0) is 36.1 Å². The molecule has 0 bridgehead atoms. The minimum absolute atomic E-state index is 0.156.